The Balaban J connectivity index is 0.000000934. The van der Waals surface area contributed by atoms with Gasteiger partial charge in [0, 0.05) is 30.8 Å². The number of hydrogen-bond acceptors (Lipinski definition) is 7. The predicted octanol–water partition coefficient (Wildman–Crippen LogP) is 2.76. The van der Waals surface area contributed by atoms with Crippen molar-refractivity contribution in [3.05, 3.63) is 99.5 Å². The fraction of sp³-hybridized carbons (Fsp3) is 0.231. The van der Waals surface area contributed by atoms with Gasteiger partial charge in [0.2, 0.25) is 0 Å². The van der Waals surface area contributed by atoms with Crippen molar-refractivity contribution < 1.29 is 19.0 Å². The van der Waals surface area contributed by atoms with Gasteiger partial charge in [-0.2, -0.15) is 0 Å². The monoisotopic (exact) mass is 521 g/mol. The molecule has 198 valence electrons. The van der Waals surface area contributed by atoms with Gasteiger partial charge >= 0.3 is 5.69 Å². The topological polar surface area (TPSA) is 173 Å². The van der Waals surface area contributed by atoms with E-state index >= 15 is 0 Å². The first-order chi connectivity index (χ1) is 18.2. The molecule has 0 fully saturated rings. The lowest BCUT2D eigenvalue weighted by Crippen LogP contribution is -2.18. The molecule has 4 aromatic rings. The largest absolute Gasteiger partial charge is 0.491 e. The van der Waals surface area contributed by atoms with Crippen molar-refractivity contribution in [3.8, 4) is 11.7 Å². The number of aromatic amines is 1. The molecule has 2 heterocycles. The van der Waals surface area contributed by atoms with E-state index in [0.717, 1.165) is 28.3 Å². The number of halogens is 1. The summed E-state index contributed by atoms with van der Waals surface area (Å²) in [6, 6.07) is 14.6. The highest BCUT2D eigenvalue weighted by Gasteiger charge is 2.22. The maximum Gasteiger partial charge on any atom is 0.350 e. The summed E-state index contributed by atoms with van der Waals surface area (Å²) < 4.78 is 19.3. The number of H-pyrrole nitrogens is 1. The number of alkyl halides is 1. The van der Waals surface area contributed by atoms with E-state index in [1.165, 1.54) is 12.4 Å². The first-order valence-electron chi connectivity index (χ1n) is 11.6. The molecule has 1 unspecified atom stereocenters. The zero-order valence-electron chi connectivity index (χ0n) is 20.9. The summed E-state index contributed by atoms with van der Waals surface area (Å²) in [7, 11) is 0. The molecule has 5 N–H and O–H groups in total. The number of carboxylic acids is 1. The van der Waals surface area contributed by atoms with Gasteiger partial charge in [-0.1, -0.05) is 30.3 Å². The lowest BCUT2D eigenvalue weighted by Gasteiger charge is -2.17. The smallest absolute Gasteiger partial charge is 0.350 e. The van der Waals surface area contributed by atoms with Crippen LogP contribution in [-0.2, 0) is 11.2 Å². The standard InChI is InChI=1S/C24H24FN7O2.C2H4O2/c1-15-11-18(14-19(12-15)34-10-7-25)20(13-16-3-5-17(6-4-16)21(26)27)22-30-24(33)32(31-22)23-28-8-2-9-29-23;1-2(3)4/h2-6,8-9,11-12,14,20H,7,10,13H2,1H3,(H3,26,27)(H,30,31,33);1H3,(H,3,4). The lowest BCUT2D eigenvalue weighted by atomic mass is 9.90. The van der Waals surface area contributed by atoms with Gasteiger partial charge in [0.1, 0.15) is 30.7 Å². The SMILES string of the molecule is CC(=O)O.Cc1cc(OCCF)cc(C(Cc2ccc(C(=N)N)cc2)c2nn(-c3ncccn3)c(=O)[nH]2)c1. The number of nitrogen functional groups attached to an aromatic ring is 1. The van der Waals surface area contributed by atoms with E-state index in [9.17, 15) is 9.18 Å². The van der Waals surface area contributed by atoms with E-state index in [2.05, 4.69) is 20.1 Å². The number of carboxylic acid groups (broad SMARTS) is 1. The van der Waals surface area contributed by atoms with Crippen molar-refractivity contribution in [2.75, 3.05) is 13.3 Å². The van der Waals surface area contributed by atoms with Crippen LogP contribution in [0.3, 0.4) is 0 Å². The molecule has 11 nitrogen and oxygen atoms in total. The van der Waals surface area contributed by atoms with Crippen molar-refractivity contribution in [3.63, 3.8) is 0 Å². The van der Waals surface area contributed by atoms with Gasteiger partial charge in [-0.3, -0.25) is 15.2 Å². The molecule has 38 heavy (non-hydrogen) atoms. The maximum atomic E-state index is 12.7. The minimum atomic E-state index is -0.833. The lowest BCUT2D eigenvalue weighted by molar-refractivity contribution is -0.134. The van der Waals surface area contributed by atoms with Crippen LogP contribution in [0.2, 0.25) is 0 Å². The van der Waals surface area contributed by atoms with E-state index < -0.39 is 18.3 Å². The average Bonchev–Trinajstić information content (AvgIpc) is 3.27. The number of benzene rings is 2. The average molecular weight is 522 g/mol. The van der Waals surface area contributed by atoms with Crippen molar-refractivity contribution in [1.82, 2.24) is 24.7 Å². The molecule has 0 bridgehead atoms. The van der Waals surface area contributed by atoms with Gasteiger partial charge in [0.25, 0.3) is 11.9 Å². The summed E-state index contributed by atoms with van der Waals surface area (Å²) in [6.07, 6.45) is 3.56. The molecule has 1 atom stereocenters. The van der Waals surface area contributed by atoms with Crippen LogP contribution in [0.4, 0.5) is 4.39 Å². The van der Waals surface area contributed by atoms with Gasteiger partial charge in [-0.15, -0.1) is 9.78 Å². The van der Waals surface area contributed by atoms with Gasteiger partial charge in [0.15, 0.2) is 0 Å². The first kappa shape index (κ1) is 27.7. The minimum Gasteiger partial charge on any atom is -0.491 e. The van der Waals surface area contributed by atoms with Crippen molar-refractivity contribution >= 4 is 11.8 Å². The Morgan fingerprint density at radius 2 is 1.87 bits per heavy atom. The number of aliphatic carboxylic acids is 1. The van der Waals surface area contributed by atoms with E-state index in [1.807, 2.05) is 37.3 Å². The number of nitrogens with two attached hydrogens (primary N) is 1. The predicted molar refractivity (Wildman–Crippen MR) is 139 cm³/mol. The molecule has 0 spiro atoms. The van der Waals surface area contributed by atoms with Crippen molar-refractivity contribution in [1.29, 1.82) is 5.41 Å². The number of carbonyl (C=O) groups is 1. The van der Waals surface area contributed by atoms with Gasteiger partial charge in [-0.25, -0.2) is 19.2 Å². The number of hydrogen-bond donors (Lipinski definition) is 4. The van der Waals surface area contributed by atoms with Crippen LogP contribution in [0.25, 0.3) is 5.95 Å². The van der Waals surface area contributed by atoms with E-state index in [0.29, 0.717) is 23.6 Å². The van der Waals surface area contributed by atoms with Gasteiger partial charge < -0.3 is 15.6 Å². The quantitative estimate of drug-likeness (QED) is 0.192. The third kappa shape index (κ3) is 7.56. The van der Waals surface area contributed by atoms with Gasteiger partial charge in [-0.05, 0) is 48.2 Å². The molecule has 0 aliphatic heterocycles. The molecule has 0 aliphatic carbocycles. The van der Waals surface area contributed by atoms with Crippen LogP contribution >= 0.6 is 0 Å². The molecule has 0 radical (unpaired) electrons. The van der Waals surface area contributed by atoms with Crippen LogP contribution in [-0.4, -0.2) is 54.9 Å². The summed E-state index contributed by atoms with van der Waals surface area (Å²) in [4.78, 5) is 32.7. The molecular weight excluding hydrogens is 493 g/mol. The molecule has 0 amide bonds. The highest BCUT2D eigenvalue weighted by atomic mass is 19.1. The van der Waals surface area contributed by atoms with Crippen molar-refractivity contribution in [2.45, 2.75) is 26.2 Å². The van der Waals surface area contributed by atoms with E-state index in [1.54, 1.807) is 18.2 Å². The Kier molecular flexibility index (Phi) is 9.41. The summed E-state index contributed by atoms with van der Waals surface area (Å²) >= 11 is 0. The Morgan fingerprint density at radius 3 is 2.47 bits per heavy atom. The number of aromatic nitrogens is 5. The number of ether oxygens (including phenoxy) is 1. The summed E-state index contributed by atoms with van der Waals surface area (Å²) in [5, 5.41) is 19.5. The van der Waals surface area contributed by atoms with Crippen LogP contribution in [0.15, 0.2) is 65.7 Å². The Labute approximate surface area is 217 Å². The third-order valence-electron chi connectivity index (χ3n) is 5.23. The molecule has 0 saturated heterocycles. The van der Waals surface area contributed by atoms with Crippen LogP contribution in [0.5, 0.6) is 5.75 Å². The fourth-order valence-electron chi connectivity index (χ4n) is 3.68. The summed E-state index contributed by atoms with van der Waals surface area (Å²) in [6.45, 7) is 2.37. The molecule has 0 aliphatic rings. The summed E-state index contributed by atoms with van der Waals surface area (Å²) in [5.41, 5.74) is 8.46. The highest BCUT2D eigenvalue weighted by molar-refractivity contribution is 5.94. The second-order valence-corrected chi connectivity index (χ2v) is 8.28. The molecule has 4 rings (SSSR count). The fourth-order valence-corrected chi connectivity index (χ4v) is 3.68. The Hall–Kier alpha value is -4.87. The Bertz CT molecular complexity index is 1430. The number of aryl methyl sites for hydroxylation is 1. The summed E-state index contributed by atoms with van der Waals surface area (Å²) in [5.74, 6) is -0.0699. The number of nitrogens with zero attached hydrogens (tertiary/aromatic N) is 4. The van der Waals surface area contributed by atoms with Crippen molar-refractivity contribution in [2.24, 2.45) is 5.73 Å². The normalized spacial score (nSPS) is 11.2. The highest BCUT2D eigenvalue weighted by Crippen LogP contribution is 2.30. The first-order valence-corrected chi connectivity index (χ1v) is 11.6. The second kappa shape index (κ2) is 12.9. The van der Waals surface area contributed by atoms with E-state index in [4.69, 9.17) is 25.8 Å². The Morgan fingerprint density at radius 1 is 1.21 bits per heavy atom. The zero-order chi connectivity index (χ0) is 27.7. The minimum absolute atomic E-state index is 0.0117. The molecule has 0 saturated carbocycles. The molecule has 2 aromatic carbocycles. The number of amidine groups is 1. The molecule has 2 aromatic heterocycles. The second-order valence-electron chi connectivity index (χ2n) is 8.28. The van der Waals surface area contributed by atoms with Crippen LogP contribution in [0, 0.1) is 12.3 Å². The van der Waals surface area contributed by atoms with Gasteiger partial charge in [0.05, 0.1) is 0 Å². The molecule has 12 heteroatoms. The third-order valence-corrected chi connectivity index (χ3v) is 5.23. The zero-order valence-corrected chi connectivity index (χ0v) is 20.9. The van der Waals surface area contributed by atoms with Crippen LogP contribution in [0.1, 0.15) is 40.9 Å². The molecular formula is C26H28FN7O4. The van der Waals surface area contributed by atoms with Crippen LogP contribution < -0.4 is 16.2 Å². The van der Waals surface area contributed by atoms with E-state index in [-0.39, 0.29) is 24.3 Å². The number of nitrogens with one attached hydrogen (secondary N) is 2. The number of rotatable bonds is 9. The maximum absolute atomic E-state index is 12.7.